The van der Waals surface area contributed by atoms with Gasteiger partial charge >= 0.3 is 5.97 Å². The summed E-state index contributed by atoms with van der Waals surface area (Å²) in [5.41, 5.74) is 1.68. The molecule has 5 rings (SSSR count). The van der Waals surface area contributed by atoms with Crippen molar-refractivity contribution in [3.05, 3.63) is 58.1 Å². The first-order valence-corrected chi connectivity index (χ1v) is 12.4. The lowest BCUT2D eigenvalue weighted by molar-refractivity contribution is -0.164. The molecule has 2 aromatic carbocycles. The van der Waals surface area contributed by atoms with Gasteiger partial charge < -0.3 is 4.74 Å². The number of carbonyl (C=O) groups is 3. The van der Waals surface area contributed by atoms with E-state index in [1.165, 1.54) is 12.0 Å². The maximum atomic E-state index is 13.5. The molecule has 0 aromatic heterocycles. The second-order valence-electron chi connectivity index (χ2n) is 9.19. The second-order valence-corrected chi connectivity index (χ2v) is 10.0. The lowest BCUT2D eigenvalue weighted by atomic mass is 9.75. The van der Waals surface area contributed by atoms with Gasteiger partial charge in [0.05, 0.1) is 29.0 Å². The number of methoxy groups -OCH3 is 1. The summed E-state index contributed by atoms with van der Waals surface area (Å²) < 4.78 is 5.25. The quantitative estimate of drug-likeness (QED) is 0.448. The first kappa shape index (κ1) is 23.3. The first-order chi connectivity index (χ1) is 16.3. The summed E-state index contributed by atoms with van der Waals surface area (Å²) in [5, 5.41) is 0.973. The molecule has 6 nitrogen and oxygen atoms in total. The van der Waals surface area contributed by atoms with Gasteiger partial charge in [-0.05, 0) is 61.6 Å². The largest absolute Gasteiger partial charge is 0.468 e. The van der Waals surface area contributed by atoms with Crippen LogP contribution in [0, 0.1) is 11.8 Å². The summed E-state index contributed by atoms with van der Waals surface area (Å²) >= 11 is 12.3. The Bertz CT molecular complexity index is 1170. The van der Waals surface area contributed by atoms with Crippen molar-refractivity contribution in [3.63, 3.8) is 0 Å². The van der Waals surface area contributed by atoms with Gasteiger partial charge in [-0.15, -0.1) is 0 Å². The minimum atomic E-state index is -1.11. The number of carbonyl (C=O) groups excluding carboxylic acids is 3. The summed E-state index contributed by atoms with van der Waals surface area (Å²) in [4.78, 5) is 43.6. The van der Waals surface area contributed by atoms with Crippen molar-refractivity contribution in [1.82, 2.24) is 9.80 Å². The average Bonchev–Trinajstić information content (AvgIpc) is 3.30. The second kappa shape index (κ2) is 8.67. The minimum absolute atomic E-state index is 0.200. The molecule has 3 saturated heterocycles. The molecule has 0 spiro atoms. The molecule has 2 amide bonds. The zero-order valence-electron chi connectivity index (χ0n) is 19.1. The Morgan fingerprint density at radius 3 is 2.38 bits per heavy atom. The third kappa shape index (κ3) is 3.23. The van der Waals surface area contributed by atoms with Crippen molar-refractivity contribution < 1.29 is 19.1 Å². The van der Waals surface area contributed by atoms with Crippen LogP contribution in [0.25, 0.3) is 11.1 Å². The van der Waals surface area contributed by atoms with E-state index < -0.39 is 23.3 Å². The average molecular weight is 501 g/mol. The SMILES string of the molecule is CCN1C(=O)C2C(c3ccc(-c4ccc(Cl)c(Cl)c4)cc3)N3CCCC[C@@]3(C(=O)OC)C2C1=O. The molecule has 3 heterocycles. The molecular formula is C26H26Cl2N2O4. The normalized spacial score (nSPS) is 28.7. The number of halogens is 2. The molecule has 178 valence electrons. The molecule has 3 aliphatic heterocycles. The van der Waals surface area contributed by atoms with E-state index in [-0.39, 0.29) is 17.9 Å². The molecule has 0 bridgehead atoms. The number of likely N-dealkylation sites (tertiary alicyclic amines) is 1. The fraction of sp³-hybridized carbons (Fsp3) is 0.423. The van der Waals surface area contributed by atoms with Gasteiger partial charge in [0.15, 0.2) is 0 Å². The number of rotatable bonds is 4. The third-order valence-electron chi connectivity index (χ3n) is 7.71. The summed E-state index contributed by atoms with van der Waals surface area (Å²) in [6, 6.07) is 13.0. The van der Waals surface area contributed by atoms with Crippen molar-refractivity contribution >= 4 is 41.0 Å². The Balaban J connectivity index is 1.60. The maximum absolute atomic E-state index is 13.5. The van der Waals surface area contributed by atoms with E-state index >= 15 is 0 Å². The lowest BCUT2D eigenvalue weighted by Crippen LogP contribution is -2.59. The number of hydrogen-bond donors (Lipinski definition) is 0. The molecule has 3 unspecified atom stereocenters. The molecular weight excluding hydrogens is 475 g/mol. The van der Waals surface area contributed by atoms with Crippen LogP contribution < -0.4 is 0 Å². The fourth-order valence-electron chi connectivity index (χ4n) is 6.28. The van der Waals surface area contributed by atoms with Gasteiger partial charge in [-0.3, -0.25) is 24.2 Å². The molecule has 3 aliphatic rings. The maximum Gasteiger partial charge on any atom is 0.327 e. The molecule has 8 heteroatoms. The summed E-state index contributed by atoms with van der Waals surface area (Å²) in [5.74, 6) is -2.22. The van der Waals surface area contributed by atoms with E-state index in [0.717, 1.165) is 29.5 Å². The van der Waals surface area contributed by atoms with E-state index in [4.69, 9.17) is 27.9 Å². The van der Waals surface area contributed by atoms with Crippen LogP contribution in [0.3, 0.4) is 0 Å². The van der Waals surface area contributed by atoms with Gasteiger partial charge in [-0.25, -0.2) is 0 Å². The van der Waals surface area contributed by atoms with E-state index in [0.29, 0.717) is 29.6 Å². The topological polar surface area (TPSA) is 66.9 Å². The first-order valence-electron chi connectivity index (χ1n) is 11.6. The zero-order chi connectivity index (χ0) is 24.2. The van der Waals surface area contributed by atoms with Gasteiger partial charge in [0, 0.05) is 12.6 Å². The molecule has 2 aromatic rings. The lowest BCUT2D eigenvalue weighted by Gasteiger charge is -2.44. The van der Waals surface area contributed by atoms with E-state index in [1.54, 1.807) is 13.0 Å². The van der Waals surface area contributed by atoms with E-state index in [2.05, 4.69) is 4.90 Å². The van der Waals surface area contributed by atoms with Gasteiger partial charge in [-0.1, -0.05) is 53.5 Å². The van der Waals surface area contributed by atoms with Crippen LogP contribution in [-0.2, 0) is 19.1 Å². The van der Waals surface area contributed by atoms with Crippen molar-refractivity contribution in [1.29, 1.82) is 0 Å². The highest BCUT2D eigenvalue weighted by atomic mass is 35.5. The molecule has 0 aliphatic carbocycles. The van der Waals surface area contributed by atoms with Crippen molar-refractivity contribution in [2.24, 2.45) is 11.8 Å². The Kier molecular flexibility index (Phi) is 5.95. The van der Waals surface area contributed by atoms with Crippen molar-refractivity contribution in [3.8, 4) is 11.1 Å². The van der Waals surface area contributed by atoms with Crippen molar-refractivity contribution in [2.75, 3.05) is 20.2 Å². The smallest absolute Gasteiger partial charge is 0.327 e. The molecule has 34 heavy (non-hydrogen) atoms. The Morgan fingerprint density at radius 2 is 1.74 bits per heavy atom. The monoisotopic (exact) mass is 500 g/mol. The van der Waals surface area contributed by atoms with Gasteiger partial charge in [0.2, 0.25) is 11.8 Å². The van der Waals surface area contributed by atoms with E-state index in [9.17, 15) is 14.4 Å². The summed E-state index contributed by atoms with van der Waals surface area (Å²) in [6.45, 7) is 2.72. The van der Waals surface area contributed by atoms with Gasteiger partial charge in [0.25, 0.3) is 0 Å². The van der Waals surface area contributed by atoms with Crippen molar-refractivity contribution in [2.45, 2.75) is 37.8 Å². The van der Waals surface area contributed by atoms with Crippen LogP contribution in [0.4, 0.5) is 0 Å². The van der Waals surface area contributed by atoms with Crippen LogP contribution in [-0.4, -0.2) is 53.3 Å². The Hall–Kier alpha value is -2.41. The van der Waals surface area contributed by atoms with Crippen LogP contribution in [0.5, 0.6) is 0 Å². The number of benzene rings is 2. The fourth-order valence-corrected chi connectivity index (χ4v) is 6.57. The number of fused-ring (bicyclic) bond motifs is 3. The highest BCUT2D eigenvalue weighted by Gasteiger charge is 2.72. The minimum Gasteiger partial charge on any atom is -0.468 e. The third-order valence-corrected chi connectivity index (χ3v) is 8.45. The highest BCUT2D eigenvalue weighted by molar-refractivity contribution is 6.42. The molecule has 0 N–H and O–H groups in total. The van der Waals surface area contributed by atoms with Crippen LogP contribution in [0.15, 0.2) is 42.5 Å². The number of piperidine rings is 1. The van der Waals surface area contributed by atoms with Crippen LogP contribution >= 0.6 is 23.2 Å². The Morgan fingerprint density at radius 1 is 1.03 bits per heavy atom. The van der Waals surface area contributed by atoms with Gasteiger partial charge in [0.1, 0.15) is 5.54 Å². The van der Waals surface area contributed by atoms with Crippen LogP contribution in [0.1, 0.15) is 37.8 Å². The standard InChI is InChI=1S/C26H26Cl2N2O4/c1-3-29-23(31)20-21(24(29)32)26(25(33)34-2)12-4-5-13-30(26)22(20)16-8-6-15(7-9-16)17-10-11-18(27)19(28)14-17/h6-11,14,20-22H,3-5,12-13H2,1-2H3/t20?,21?,22?,26-/m0/s1. The zero-order valence-corrected chi connectivity index (χ0v) is 20.6. The molecule has 0 radical (unpaired) electrons. The van der Waals surface area contributed by atoms with Gasteiger partial charge in [-0.2, -0.15) is 0 Å². The van der Waals surface area contributed by atoms with Crippen LogP contribution in [0.2, 0.25) is 10.0 Å². The Labute approximate surface area is 208 Å². The summed E-state index contributed by atoms with van der Waals surface area (Å²) in [6.07, 6.45) is 2.22. The highest BCUT2D eigenvalue weighted by Crippen LogP contribution is 2.58. The predicted molar refractivity (Wildman–Crippen MR) is 129 cm³/mol. The molecule has 3 fully saturated rings. The molecule has 4 atom stereocenters. The number of hydrogen-bond acceptors (Lipinski definition) is 5. The molecule has 0 saturated carbocycles. The summed E-state index contributed by atoms with van der Waals surface area (Å²) in [7, 11) is 1.36. The number of esters is 1. The number of ether oxygens (including phenoxy) is 1. The number of imide groups is 1. The number of nitrogens with zero attached hydrogens (tertiary/aromatic N) is 2. The predicted octanol–water partition coefficient (Wildman–Crippen LogP) is 4.73. The number of amides is 2. The van der Waals surface area contributed by atoms with E-state index in [1.807, 2.05) is 36.4 Å².